The molecular weight excluding hydrogens is 166 g/mol. The third-order valence-electron chi connectivity index (χ3n) is 1.62. The number of thiophene rings is 1. The molecule has 0 saturated heterocycles. The summed E-state index contributed by atoms with van der Waals surface area (Å²) < 4.78 is 0. The fraction of sp³-hybridized carbons (Fsp3) is 0. The lowest BCUT2D eigenvalue weighted by Gasteiger charge is -1.83. The number of aromatic nitrogens is 1. The normalized spacial score (nSPS) is 11.0. The van der Waals surface area contributed by atoms with Crippen LogP contribution in [0.1, 0.15) is 11.3 Å². The van der Waals surface area contributed by atoms with E-state index in [9.17, 15) is 0 Å². The van der Waals surface area contributed by atoms with E-state index in [0.717, 1.165) is 5.69 Å². The van der Waals surface area contributed by atoms with E-state index in [1.807, 2.05) is 18.3 Å². The predicted molar refractivity (Wildman–Crippen MR) is 54.0 cm³/mol. The first-order valence-corrected chi connectivity index (χ1v) is 4.73. The number of nitrogens with one attached hydrogen (secondary N) is 1. The van der Waals surface area contributed by atoms with E-state index in [4.69, 9.17) is 0 Å². The van der Waals surface area contributed by atoms with Crippen molar-refractivity contribution in [2.75, 3.05) is 0 Å². The van der Waals surface area contributed by atoms with E-state index >= 15 is 0 Å². The summed E-state index contributed by atoms with van der Waals surface area (Å²) in [6, 6.07) is 6.14. The van der Waals surface area contributed by atoms with Gasteiger partial charge in [0.2, 0.25) is 0 Å². The Hall–Kier alpha value is -1.28. The van der Waals surface area contributed by atoms with E-state index in [0.29, 0.717) is 0 Å². The average Bonchev–Trinajstić information content (AvgIpc) is 2.74. The van der Waals surface area contributed by atoms with Gasteiger partial charge >= 0.3 is 0 Å². The van der Waals surface area contributed by atoms with Gasteiger partial charge in [0.25, 0.3) is 0 Å². The van der Waals surface area contributed by atoms with Gasteiger partial charge in [-0.05, 0) is 40.6 Å². The number of H-pyrrole nitrogens is 1. The van der Waals surface area contributed by atoms with Gasteiger partial charge in [-0.1, -0.05) is 6.08 Å². The first-order chi connectivity index (χ1) is 5.95. The lowest BCUT2D eigenvalue weighted by atomic mass is 10.3. The summed E-state index contributed by atoms with van der Waals surface area (Å²) in [5.41, 5.74) is 2.40. The van der Waals surface area contributed by atoms with Crippen molar-refractivity contribution in [2.45, 2.75) is 0 Å². The SMILES string of the molecule is C(=C\c1ccc[nH]1)/c1ccsc1. The second kappa shape index (κ2) is 3.41. The molecule has 12 heavy (non-hydrogen) atoms. The van der Waals surface area contributed by atoms with Crippen molar-refractivity contribution < 1.29 is 0 Å². The molecule has 0 radical (unpaired) electrons. The third kappa shape index (κ3) is 1.66. The van der Waals surface area contributed by atoms with Crippen LogP contribution in [0.4, 0.5) is 0 Å². The molecule has 60 valence electrons. The highest BCUT2D eigenvalue weighted by molar-refractivity contribution is 7.08. The molecule has 0 amide bonds. The summed E-state index contributed by atoms with van der Waals surface area (Å²) in [4.78, 5) is 3.12. The molecule has 2 rings (SSSR count). The molecule has 0 spiro atoms. The van der Waals surface area contributed by atoms with E-state index in [2.05, 4.69) is 34.0 Å². The molecule has 2 heterocycles. The number of hydrogen-bond acceptors (Lipinski definition) is 1. The van der Waals surface area contributed by atoms with Gasteiger partial charge in [0.1, 0.15) is 0 Å². The van der Waals surface area contributed by atoms with Crippen LogP contribution in [-0.4, -0.2) is 4.98 Å². The average molecular weight is 175 g/mol. The fourth-order valence-corrected chi connectivity index (χ4v) is 1.63. The van der Waals surface area contributed by atoms with Crippen LogP contribution in [0, 0.1) is 0 Å². The summed E-state index contributed by atoms with van der Waals surface area (Å²) in [5, 5.41) is 4.20. The molecule has 0 aliphatic rings. The Balaban J connectivity index is 2.14. The highest BCUT2D eigenvalue weighted by Crippen LogP contribution is 2.09. The maximum atomic E-state index is 3.12. The highest BCUT2D eigenvalue weighted by Gasteiger charge is 1.86. The van der Waals surface area contributed by atoms with E-state index < -0.39 is 0 Å². The zero-order valence-electron chi connectivity index (χ0n) is 6.53. The molecule has 0 saturated carbocycles. The van der Waals surface area contributed by atoms with Crippen molar-refractivity contribution in [2.24, 2.45) is 0 Å². The van der Waals surface area contributed by atoms with Crippen molar-refractivity contribution in [1.29, 1.82) is 0 Å². The molecule has 0 fully saturated rings. The Bertz CT molecular complexity index is 307. The van der Waals surface area contributed by atoms with Crippen molar-refractivity contribution in [3.8, 4) is 0 Å². The molecule has 1 nitrogen and oxygen atoms in total. The maximum Gasteiger partial charge on any atom is 0.0380 e. The van der Waals surface area contributed by atoms with Gasteiger partial charge in [0.15, 0.2) is 0 Å². The van der Waals surface area contributed by atoms with Crippen molar-refractivity contribution in [3.05, 3.63) is 46.4 Å². The Labute approximate surface area is 75.4 Å². The van der Waals surface area contributed by atoms with Crippen LogP contribution < -0.4 is 0 Å². The van der Waals surface area contributed by atoms with Gasteiger partial charge in [-0.3, -0.25) is 0 Å². The molecule has 0 aliphatic carbocycles. The minimum atomic E-state index is 1.14. The van der Waals surface area contributed by atoms with Gasteiger partial charge in [0, 0.05) is 11.9 Å². The highest BCUT2D eigenvalue weighted by atomic mass is 32.1. The van der Waals surface area contributed by atoms with E-state index in [1.165, 1.54) is 5.56 Å². The quantitative estimate of drug-likeness (QED) is 0.721. The topological polar surface area (TPSA) is 15.8 Å². The number of hydrogen-bond donors (Lipinski definition) is 1. The smallest absolute Gasteiger partial charge is 0.0380 e. The summed E-state index contributed by atoms with van der Waals surface area (Å²) in [7, 11) is 0. The largest absolute Gasteiger partial charge is 0.362 e. The van der Waals surface area contributed by atoms with Crippen LogP contribution in [0.2, 0.25) is 0 Å². The Morgan fingerprint density at radius 1 is 1.25 bits per heavy atom. The molecule has 2 heteroatoms. The third-order valence-corrected chi connectivity index (χ3v) is 2.32. The molecular formula is C10H9NS. The summed E-state index contributed by atoms with van der Waals surface area (Å²) >= 11 is 1.72. The van der Waals surface area contributed by atoms with Gasteiger partial charge in [-0.25, -0.2) is 0 Å². The van der Waals surface area contributed by atoms with Gasteiger partial charge < -0.3 is 4.98 Å². The summed E-state index contributed by atoms with van der Waals surface area (Å²) in [6.45, 7) is 0. The number of rotatable bonds is 2. The molecule has 0 aliphatic heterocycles. The van der Waals surface area contributed by atoms with Crippen molar-refractivity contribution in [3.63, 3.8) is 0 Å². The minimum Gasteiger partial charge on any atom is -0.362 e. The molecule has 0 unspecified atom stereocenters. The fourth-order valence-electron chi connectivity index (χ4n) is 1.00. The first-order valence-electron chi connectivity index (χ1n) is 3.79. The first kappa shape index (κ1) is 7.37. The van der Waals surface area contributed by atoms with Crippen LogP contribution in [0.5, 0.6) is 0 Å². The Morgan fingerprint density at radius 2 is 2.25 bits per heavy atom. The van der Waals surface area contributed by atoms with Crippen LogP contribution in [0.15, 0.2) is 35.2 Å². The zero-order chi connectivity index (χ0) is 8.23. The minimum absolute atomic E-state index is 1.14. The van der Waals surface area contributed by atoms with Crippen molar-refractivity contribution >= 4 is 23.5 Å². The second-order valence-electron chi connectivity index (χ2n) is 2.52. The monoisotopic (exact) mass is 175 g/mol. The lowest BCUT2D eigenvalue weighted by molar-refractivity contribution is 1.38. The summed E-state index contributed by atoms with van der Waals surface area (Å²) in [5.74, 6) is 0. The van der Waals surface area contributed by atoms with Crippen molar-refractivity contribution in [1.82, 2.24) is 4.98 Å². The molecule has 0 aromatic carbocycles. The zero-order valence-corrected chi connectivity index (χ0v) is 7.34. The molecule has 0 bridgehead atoms. The van der Waals surface area contributed by atoms with Crippen LogP contribution >= 0.6 is 11.3 Å². The van der Waals surface area contributed by atoms with Gasteiger partial charge in [-0.2, -0.15) is 11.3 Å². The number of aromatic amines is 1. The Kier molecular flexibility index (Phi) is 2.10. The molecule has 2 aromatic heterocycles. The predicted octanol–water partition coefficient (Wildman–Crippen LogP) is 3.25. The second-order valence-corrected chi connectivity index (χ2v) is 3.30. The van der Waals surface area contributed by atoms with Gasteiger partial charge in [0.05, 0.1) is 0 Å². The van der Waals surface area contributed by atoms with Crippen LogP contribution in [-0.2, 0) is 0 Å². The van der Waals surface area contributed by atoms with Gasteiger partial charge in [-0.15, -0.1) is 0 Å². The lowest BCUT2D eigenvalue weighted by Crippen LogP contribution is -1.66. The van der Waals surface area contributed by atoms with Crippen LogP contribution in [0.3, 0.4) is 0 Å². The standard InChI is InChI=1S/C10H9NS/c1-2-10(11-6-1)4-3-9-5-7-12-8-9/h1-8,11H/b4-3+. The van der Waals surface area contributed by atoms with Crippen LogP contribution in [0.25, 0.3) is 12.2 Å². The van der Waals surface area contributed by atoms with E-state index in [1.54, 1.807) is 11.3 Å². The Morgan fingerprint density at radius 3 is 2.92 bits per heavy atom. The molecule has 1 N–H and O–H groups in total. The summed E-state index contributed by atoms with van der Waals surface area (Å²) in [6.07, 6.45) is 6.09. The van der Waals surface area contributed by atoms with E-state index in [-0.39, 0.29) is 0 Å². The molecule has 0 atom stereocenters. The molecule has 2 aromatic rings. The maximum absolute atomic E-state index is 3.12.